The quantitative estimate of drug-likeness (QED) is 0.769. The van der Waals surface area contributed by atoms with Gasteiger partial charge in [0.05, 0.1) is 0 Å². The molecule has 0 amide bonds. The average Bonchev–Trinajstić information content (AvgIpc) is 2.03. The van der Waals surface area contributed by atoms with Gasteiger partial charge in [0.1, 0.15) is 0 Å². The lowest BCUT2D eigenvalue weighted by Crippen LogP contribution is -2.14. The van der Waals surface area contributed by atoms with Crippen LogP contribution in [0.2, 0.25) is 0 Å². The summed E-state index contributed by atoms with van der Waals surface area (Å²) in [6.45, 7) is 3.95. The van der Waals surface area contributed by atoms with E-state index in [4.69, 9.17) is 5.14 Å². The third-order valence-electron chi connectivity index (χ3n) is 1.72. The molecular weight excluding hydrogens is 188 g/mol. The van der Waals surface area contributed by atoms with Crippen LogP contribution in [-0.4, -0.2) is 13.4 Å². The van der Waals surface area contributed by atoms with Crippen LogP contribution < -0.4 is 5.14 Å². The maximum absolute atomic E-state index is 10.9. The number of hydrogen-bond donors (Lipinski definition) is 1. The predicted molar refractivity (Wildman–Crippen MR) is 49.7 cm³/mol. The molecule has 0 aliphatic rings. The maximum atomic E-state index is 10.9. The third kappa shape index (κ3) is 2.50. The summed E-state index contributed by atoms with van der Waals surface area (Å²) >= 11 is 0. The summed E-state index contributed by atoms with van der Waals surface area (Å²) in [7, 11) is -3.67. The highest BCUT2D eigenvalue weighted by molar-refractivity contribution is 7.89. The van der Waals surface area contributed by atoms with Crippen molar-refractivity contribution in [3.8, 4) is 0 Å². The molecule has 0 unspecified atom stereocenters. The van der Waals surface area contributed by atoms with Crippen molar-refractivity contribution < 1.29 is 8.42 Å². The summed E-state index contributed by atoms with van der Waals surface area (Å²) in [4.78, 5) is 3.68. The molecule has 0 aliphatic carbocycles. The Morgan fingerprint density at radius 2 is 2.08 bits per heavy atom. The summed E-state index contributed by atoms with van der Waals surface area (Å²) in [6, 6.07) is 3.28. The molecule has 0 spiro atoms. The minimum Gasteiger partial charge on any atom is -0.243 e. The Hall–Kier alpha value is -0.940. The van der Waals surface area contributed by atoms with Crippen molar-refractivity contribution in [2.24, 2.45) is 5.14 Å². The van der Waals surface area contributed by atoms with Crippen LogP contribution in [0.3, 0.4) is 0 Å². The number of pyridine rings is 1. The highest BCUT2D eigenvalue weighted by atomic mass is 32.2. The first-order valence-corrected chi connectivity index (χ1v) is 5.44. The van der Waals surface area contributed by atoms with E-state index >= 15 is 0 Å². The number of sulfonamides is 1. The second-order valence-electron chi connectivity index (χ2n) is 3.13. The zero-order valence-electron chi connectivity index (χ0n) is 7.56. The molecule has 4 nitrogen and oxygen atoms in total. The lowest BCUT2D eigenvalue weighted by atomic mass is 10.1. The van der Waals surface area contributed by atoms with Gasteiger partial charge >= 0.3 is 0 Å². The van der Waals surface area contributed by atoms with Crippen LogP contribution in [0.15, 0.2) is 23.4 Å². The van der Waals surface area contributed by atoms with Crippen molar-refractivity contribution in [3.05, 3.63) is 23.9 Å². The van der Waals surface area contributed by atoms with Gasteiger partial charge in [0.15, 0.2) is 5.03 Å². The lowest BCUT2D eigenvalue weighted by Gasteiger charge is -2.05. The van der Waals surface area contributed by atoms with Gasteiger partial charge in [-0.15, -0.1) is 0 Å². The van der Waals surface area contributed by atoms with Gasteiger partial charge in [0, 0.05) is 6.20 Å². The van der Waals surface area contributed by atoms with Crippen molar-refractivity contribution in [3.63, 3.8) is 0 Å². The molecule has 0 radical (unpaired) electrons. The summed E-state index contributed by atoms with van der Waals surface area (Å²) in [5, 5.41) is 4.86. The van der Waals surface area contributed by atoms with Crippen molar-refractivity contribution >= 4 is 10.0 Å². The first-order chi connectivity index (χ1) is 5.91. The number of nitrogens with zero attached hydrogens (tertiary/aromatic N) is 1. The van der Waals surface area contributed by atoms with E-state index in [1.165, 1.54) is 12.3 Å². The minimum atomic E-state index is -3.67. The van der Waals surface area contributed by atoms with Crippen molar-refractivity contribution in [2.75, 3.05) is 0 Å². The molecule has 5 heteroatoms. The number of aromatic nitrogens is 1. The van der Waals surface area contributed by atoms with Gasteiger partial charge in [-0.05, 0) is 23.6 Å². The summed E-state index contributed by atoms with van der Waals surface area (Å²) in [5.74, 6) is 0.267. The molecule has 0 saturated heterocycles. The van der Waals surface area contributed by atoms with E-state index in [1.54, 1.807) is 6.07 Å². The van der Waals surface area contributed by atoms with Crippen molar-refractivity contribution in [1.82, 2.24) is 4.98 Å². The molecule has 0 bridgehead atoms. The van der Waals surface area contributed by atoms with Crippen molar-refractivity contribution in [2.45, 2.75) is 24.8 Å². The molecule has 2 N–H and O–H groups in total. The van der Waals surface area contributed by atoms with Crippen LogP contribution in [0.25, 0.3) is 0 Å². The first-order valence-electron chi connectivity index (χ1n) is 3.90. The molecule has 0 aliphatic heterocycles. The fourth-order valence-electron chi connectivity index (χ4n) is 0.939. The number of primary sulfonamides is 1. The molecule has 1 rings (SSSR count). The lowest BCUT2D eigenvalue weighted by molar-refractivity contribution is 0.593. The number of hydrogen-bond acceptors (Lipinski definition) is 3. The third-order valence-corrected chi connectivity index (χ3v) is 2.52. The summed E-state index contributed by atoms with van der Waals surface area (Å²) < 4.78 is 21.8. The largest absolute Gasteiger partial charge is 0.255 e. The number of nitrogens with two attached hydrogens (primary N) is 1. The first kappa shape index (κ1) is 10.1. The predicted octanol–water partition coefficient (Wildman–Crippen LogP) is 0.852. The van der Waals surface area contributed by atoms with Crippen LogP contribution in [0, 0.1) is 0 Å². The molecule has 13 heavy (non-hydrogen) atoms. The fraction of sp³-hybridized carbons (Fsp3) is 0.375. The normalized spacial score (nSPS) is 12.0. The standard InChI is InChI=1S/C8H12N2O2S/c1-6(2)7-3-4-10-8(5-7)13(9,11)12/h3-6H,1-2H3,(H2,9,11,12). The average molecular weight is 200 g/mol. The fourth-order valence-corrected chi connectivity index (χ4v) is 1.45. The second kappa shape index (κ2) is 3.43. The maximum Gasteiger partial charge on any atom is 0.255 e. The molecule has 1 heterocycles. The van der Waals surface area contributed by atoms with E-state index in [-0.39, 0.29) is 10.9 Å². The van der Waals surface area contributed by atoms with E-state index in [0.717, 1.165) is 5.56 Å². The monoisotopic (exact) mass is 200 g/mol. The molecule has 1 aromatic rings. The Morgan fingerprint density at radius 1 is 1.46 bits per heavy atom. The SMILES string of the molecule is CC(C)c1ccnc(S(N)(=O)=O)c1. The Labute approximate surface area is 77.8 Å². The van der Waals surface area contributed by atoms with Gasteiger partial charge in [-0.1, -0.05) is 13.8 Å². The Kier molecular flexibility index (Phi) is 2.68. The molecular formula is C8H12N2O2S. The van der Waals surface area contributed by atoms with Crippen LogP contribution in [0.4, 0.5) is 0 Å². The smallest absolute Gasteiger partial charge is 0.243 e. The number of rotatable bonds is 2. The molecule has 1 aromatic heterocycles. The van der Waals surface area contributed by atoms with E-state index in [0.29, 0.717) is 0 Å². The van der Waals surface area contributed by atoms with Crippen molar-refractivity contribution in [1.29, 1.82) is 0 Å². The Morgan fingerprint density at radius 3 is 2.54 bits per heavy atom. The second-order valence-corrected chi connectivity index (χ2v) is 4.64. The van der Waals surface area contributed by atoms with Gasteiger partial charge in [-0.2, -0.15) is 0 Å². The van der Waals surface area contributed by atoms with Gasteiger partial charge in [-0.3, -0.25) is 0 Å². The molecule has 72 valence electrons. The summed E-state index contributed by atoms with van der Waals surface area (Å²) in [5.41, 5.74) is 0.916. The van der Waals surface area contributed by atoms with E-state index in [9.17, 15) is 8.42 Å². The van der Waals surface area contributed by atoms with Gasteiger partial charge in [0.2, 0.25) is 0 Å². The summed E-state index contributed by atoms with van der Waals surface area (Å²) in [6.07, 6.45) is 1.45. The van der Waals surface area contributed by atoms with E-state index in [2.05, 4.69) is 4.98 Å². The topological polar surface area (TPSA) is 73.0 Å². The highest BCUT2D eigenvalue weighted by Crippen LogP contribution is 2.15. The van der Waals surface area contributed by atoms with Gasteiger partial charge in [0.25, 0.3) is 10.0 Å². The molecule has 0 fully saturated rings. The van der Waals surface area contributed by atoms with E-state index in [1.807, 2.05) is 13.8 Å². The van der Waals surface area contributed by atoms with Gasteiger partial charge in [-0.25, -0.2) is 18.5 Å². The molecule has 0 atom stereocenters. The Bertz CT molecular complexity index is 398. The Balaban J connectivity index is 3.21. The van der Waals surface area contributed by atoms with Crippen LogP contribution >= 0.6 is 0 Å². The molecule has 0 aromatic carbocycles. The van der Waals surface area contributed by atoms with Crippen LogP contribution in [0.1, 0.15) is 25.3 Å². The van der Waals surface area contributed by atoms with Gasteiger partial charge < -0.3 is 0 Å². The van der Waals surface area contributed by atoms with Crippen LogP contribution in [0.5, 0.6) is 0 Å². The highest BCUT2D eigenvalue weighted by Gasteiger charge is 2.10. The molecule has 0 saturated carbocycles. The zero-order valence-corrected chi connectivity index (χ0v) is 8.38. The zero-order chi connectivity index (χ0) is 10.1. The minimum absolute atomic E-state index is 0.0706. The van der Waals surface area contributed by atoms with E-state index < -0.39 is 10.0 Å². The van der Waals surface area contributed by atoms with Crippen LogP contribution in [-0.2, 0) is 10.0 Å².